The average molecular weight is 401 g/mol. The van der Waals surface area contributed by atoms with Gasteiger partial charge >= 0.3 is 0 Å². The van der Waals surface area contributed by atoms with Crippen LogP contribution >= 0.6 is 0 Å². The molecule has 1 fully saturated rings. The maximum absolute atomic E-state index is 12.9. The van der Waals surface area contributed by atoms with Crippen LogP contribution in [0.25, 0.3) is 5.65 Å². The number of nitrogens with zero attached hydrogens (tertiary/aromatic N) is 3. The minimum atomic E-state index is -2.72. The van der Waals surface area contributed by atoms with Crippen molar-refractivity contribution in [2.24, 2.45) is 0 Å². The molecular formula is C21H21F2N3O3. The Bertz CT molecular complexity index is 1030. The number of rotatable bonds is 9. The highest BCUT2D eigenvalue weighted by molar-refractivity contribution is 5.96. The van der Waals surface area contributed by atoms with Crippen LogP contribution in [0.4, 0.5) is 8.78 Å². The number of fused-ring (bicyclic) bond motifs is 1. The number of methoxy groups -OCH3 is 1. The second-order valence-corrected chi connectivity index (χ2v) is 7.06. The number of halogens is 2. The Balaban J connectivity index is 1.63. The third-order valence-electron chi connectivity index (χ3n) is 4.82. The van der Waals surface area contributed by atoms with Gasteiger partial charge in [-0.25, -0.2) is 18.7 Å². The smallest absolute Gasteiger partial charge is 0.280 e. The fourth-order valence-electron chi connectivity index (χ4n) is 3.15. The Morgan fingerprint density at radius 1 is 1.24 bits per heavy atom. The first-order valence-electron chi connectivity index (χ1n) is 9.46. The summed E-state index contributed by atoms with van der Waals surface area (Å²) < 4.78 is 38.5. The normalized spacial score (nSPS) is 13.9. The van der Waals surface area contributed by atoms with Gasteiger partial charge in [-0.15, -0.1) is 0 Å². The van der Waals surface area contributed by atoms with E-state index in [1.807, 2.05) is 16.8 Å². The van der Waals surface area contributed by atoms with E-state index in [1.54, 1.807) is 13.2 Å². The minimum Gasteiger partial charge on any atom is -0.491 e. The molecule has 1 saturated carbocycles. The van der Waals surface area contributed by atoms with E-state index >= 15 is 0 Å². The number of pyridine rings is 2. The molecule has 1 aliphatic rings. The largest absolute Gasteiger partial charge is 0.491 e. The number of alkyl halides is 2. The molecule has 0 aliphatic heterocycles. The zero-order chi connectivity index (χ0) is 20.4. The molecule has 0 saturated heterocycles. The van der Waals surface area contributed by atoms with E-state index in [-0.39, 0.29) is 17.9 Å². The van der Waals surface area contributed by atoms with Crippen molar-refractivity contribution in [2.45, 2.75) is 31.6 Å². The number of carbonyl (C=O) groups excluding carboxylic acids is 1. The molecule has 6 nitrogen and oxygen atoms in total. The van der Waals surface area contributed by atoms with Crippen LogP contribution in [0.5, 0.6) is 5.75 Å². The van der Waals surface area contributed by atoms with Gasteiger partial charge in [-0.3, -0.25) is 4.79 Å². The number of carbonyl (C=O) groups is 1. The fraction of sp³-hybridized carbons (Fsp3) is 0.381. The van der Waals surface area contributed by atoms with Crippen LogP contribution < -0.4 is 4.74 Å². The van der Waals surface area contributed by atoms with E-state index in [0.717, 1.165) is 24.2 Å². The topological polar surface area (TPSA) is 65.7 Å². The summed E-state index contributed by atoms with van der Waals surface area (Å²) in [4.78, 5) is 21.2. The maximum atomic E-state index is 12.9. The number of hydrogen-bond acceptors (Lipinski definition) is 5. The van der Waals surface area contributed by atoms with Crippen LogP contribution in [0.3, 0.4) is 0 Å². The second-order valence-electron chi connectivity index (χ2n) is 7.06. The summed E-state index contributed by atoms with van der Waals surface area (Å²) in [5, 5.41) is 0. The quantitative estimate of drug-likeness (QED) is 0.401. The molecule has 152 valence electrons. The Morgan fingerprint density at radius 2 is 2.07 bits per heavy atom. The molecule has 0 bridgehead atoms. The molecule has 0 spiro atoms. The van der Waals surface area contributed by atoms with E-state index in [4.69, 9.17) is 9.47 Å². The van der Waals surface area contributed by atoms with Crippen LogP contribution in [-0.4, -0.2) is 40.5 Å². The van der Waals surface area contributed by atoms with Crippen molar-refractivity contribution in [3.8, 4) is 5.75 Å². The van der Waals surface area contributed by atoms with Gasteiger partial charge in [0, 0.05) is 43.5 Å². The van der Waals surface area contributed by atoms with Crippen LogP contribution in [-0.2, 0) is 11.2 Å². The van der Waals surface area contributed by atoms with Gasteiger partial charge in [0.2, 0.25) is 0 Å². The third kappa shape index (κ3) is 4.42. The van der Waals surface area contributed by atoms with E-state index < -0.39 is 12.1 Å². The number of ketones is 1. The highest BCUT2D eigenvalue weighted by atomic mass is 19.3. The zero-order valence-electron chi connectivity index (χ0n) is 16.0. The summed E-state index contributed by atoms with van der Waals surface area (Å²) in [6.07, 6.45) is 3.31. The van der Waals surface area contributed by atoms with E-state index in [2.05, 4.69) is 9.97 Å². The van der Waals surface area contributed by atoms with E-state index in [1.165, 1.54) is 18.2 Å². The third-order valence-corrected chi connectivity index (χ3v) is 4.82. The number of Topliss-reactive ketones (excluding diaryl/α,β-unsaturated/α-hetero) is 1. The zero-order valence-corrected chi connectivity index (χ0v) is 16.0. The van der Waals surface area contributed by atoms with Crippen molar-refractivity contribution in [2.75, 3.05) is 20.3 Å². The summed E-state index contributed by atoms with van der Waals surface area (Å²) in [5.41, 5.74) is 2.01. The number of imidazole rings is 1. The molecule has 3 aromatic rings. The van der Waals surface area contributed by atoms with Gasteiger partial charge < -0.3 is 13.9 Å². The first kappa shape index (κ1) is 19.4. The molecule has 0 radical (unpaired) electrons. The Morgan fingerprint density at radius 3 is 2.79 bits per heavy atom. The van der Waals surface area contributed by atoms with Crippen molar-refractivity contribution in [3.63, 3.8) is 0 Å². The lowest BCUT2D eigenvalue weighted by Gasteiger charge is -2.12. The van der Waals surface area contributed by atoms with Gasteiger partial charge in [0.25, 0.3) is 6.43 Å². The lowest BCUT2D eigenvalue weighted by Crippen LogP contribution is -2.11. The fourth-order valence-corrected chi connectivity index (χ4v) is 3.15. The predicted octanol–water partition coefficient (Wildman–Crippen LogP) is 3.99. The summed E-state index contributed by atoms with van der Waals surface area (Å²) in [7, 11) is 1.58. The van der Waals surface area contributed by atoms with Gasteiger partial charge in [0.15, 0.2) is 5.78 Å². The molecule has 3 aromatic heterocycles. The predicted molar refractivity (Wildman–Crippen MR) is 102 cm³/mol. The van der Waals surface area contributed by atoms with Crippen molar-refractivity contribution in [1.29, 1.82) is 0 Å². The van der Waals surface area contributed by atoms with Gasteiger partial charge in [-0.1, -0.05) is 6.07 Å². The molecule has 29 heavy (non-hydrogen) atoms. The number of aromatic nitrogens is 3. The van der Waals surface area contributed by atoms with Gasteiger partial charge in [-0.05, 0) is 25.0 Å². The highest BCUT2D eigenvalue weighted by Crippen LogP contribution is 2.39. The highest BCUT2D eigenvalue weighted by Gasteiger charge is 2.26. The molecule has 0 amide bonds. The molecule has 0 unspecified atom stereocenters. The first-order valence-corrected chi connectivity index (χ1v) is 9.46. The molecule has 8 heteroatoms. The van der Waals surface area contributed by atoms with Crippen molar-refractivity contribution >= 4 is 11.4 Å². The molecule has 0 atom stereocenters. The first-order chi connectivity index (χ1) is 14.0. The molecular weight excluding hydrogens is 380 g/mol. The van der Waals surface area contributed by atoms with Gasteiger partial charge in [0.1, 0.15) is 29.4 Å². The molecule has 3 heterocycles. The van der Waals surface area contributed by atoms with Crippen LogP contribution in [0, 0.1) is 0 Å². The molecule has 4 rings (SSSR count). The summed E-state index contributed by atoms with van der Waals surface area (Å²) >= 11 is 0. The molecule has 0 aromatic carbocycles. The minimum absolute atomic E-state index is 0.00930. The summed E-state index contributed by atoms with van der Waals surface area (Å²) in [6.45, 7) is 0.724. The Hall–Kier alpha value is -2.87. The second kappa shape index (κ2) is 8.24. The lowest BCUT2D eigenvalue weighted by molar-refractivity contribution is 0.0984. The summed E-state index contributed by atoms with van der Waals surface area (Å²) in [5.74, 6) is 0.672. The lowest BCUT2D eigenvalue weighted by atomic mass is 10.1. The molecule has 0 N–H and O–H groups in total. The standard InChI is InChI=1S/C21H21F2N3O3/c1-28-7-8-29-19-10-20-25-17(13-5-6-13)12-26(20)11-14(19)9-18(27)15-3-2-4-16(24-15)21(22)23/h2-4,10-13,21H,5-9H2,1H3. The van der Waals surface area contributed by atoms with E-state index in [0.29, 0.717) is 30.4 Å². The SMILES string of the molecule is COCCOc1cc2nc(C3CC3)cn2cc1CC(=O)c1cccc(C(F)F)n1. The van der Waals surface area contributed by atoms with Gasteiger partial charge in [-0.2, -0.15) is 0 Å². The van der Waals surface area contributed by atoms with Crippen LogP contribution in [0.2, 0.25) is 0 Å². The maximum Gasteiger partial charge on any atom is 0.280 e. The van der Waals surface area contributed by atoms with Crippen LogP contribution in [0.15, 0.2) is 36.7 Å². The van der Waals surface area contributed by atoms with Gasteiger partial charge in [0.05, 0.1) is 12.3 Å². The number of ether oxygens (including phenoxy) is 2. The van der Waals surface area contributed by atoms with Crippen molar-refractivity contribution < 1.29 is 23.0 Å². The monoisotopic (exact) mass is 401 g/mol. The summed E-state index contributed by atoms with van der Waals surface area (Å²) in [6, 6.07) is 5.87. The number of hydrogen-bond donors (Lipinski definition) is 0. The van der Waals surface area contributed by atoms with Crippen molar-refractivity contribution in [1.82, 2.24) is 14.4 Å². The van der Waals surface area contributed by atoms with Crippen LogP contribution in [0.1, 0.15) is 52.6 Å². The Labute approximate surface area is 166 Å². The average Bonchev–Trinajstić information content (AvgIpc) is 3.48. The molecule has 1 aliphatic carbocycles. The Kier molecular flexibility index (Phi) is 5.53. The van der Waals surface area contributed by atoms with E-state index in [9.17, 15) is 13.6 Å². The van der Waals surface area contributed by atoms with Crippen molar-refractivity contribution in [3.05, 3.63) is 59.3 Å².